The van der Waals surface area contributed by atoms with Crippen LogP contribution in [0, 0.1) is 11.8 Å². The summed E-state index contributed by atoms with van der Waals surface area (Å²) in [5.41, 5.74) is 0. The lowest BCUT2D eigenvalue weighted by Gasteiger charge is -2.30. The maximum atomic E-state index is 12.3. The summed E-state index contributed by atoms with van der Waals surface area (Å²) >= 11 is 0. The summed E-state index contributed by atoms with van der Waals surface area (Å²) in [6, 6.07) is 0.228. The van der Waals surface area contributed by atoms with Crippen molar-refractivity contribution >= 4 is 11.9 Å². The van der Waals surface area contributed by atoms with Crippen molar-refractivity contribution in [1.29, 1.82) is 0 Å². The third-order valence-electron chi connectivity index (χ3n) is 3.57. The van der Waals surface area contributed by atoms with E-state index >= 15 is 0 Å². The Morgan fingerprint density at radius 1 is 1.11 bits per heavy atom. The third-order valence-corrected chi connectivity index (χ3v) is 3.57. The predicted molar refractivity (Wildman–Crippen MR) is 77.0 cm³/mol. The fourth-order valence-corrected chi connectivity index (χ4v) is 2.54. The van der Waals surface area contributed by atoms with E-state index in [2.05, 4.69) is 13.8 Å². The number of hydrogen-bond donors (Lipinski definition) is 1. The second-order valence-corrected chi connectivity index (χ2v) is 5.52. The normalized spacial score (nSPS) is 12.8. The van der Waals surface area contributed by atoms with E-state index in [1.54, 1.807) is 0 Å². The van der Waals surface area contributed by atoms with Gasteiger partial charge in [-0.1, -0.05) is 27.7 Å². The highest BCUT2D eigenvalue weighted by atomic mass is 16.4. The molecule has 19 heavy (non-hydrogen) atoms. The van der Waals surface area contributed by atoms with Gasteiger partial charge in [-0.2, -0.15) is 0 Å². The molecule has 0 aromatic carbocycles. The van der Waals surface area contributed by atoms with Gasteiger partial charge in [0.15, 0.2) is 0 Å². The number of carbonyl (C=O) groups is 2. The predicted octanol–water partition coefficient (Wildman–Crippen LogP) is 3.16. The topological polar surface area (TPSA) is 57.6 Å². The quantitative estimate of drug-likeness (QED) is 0.700. The standard InChI is InChI=1S/C15H29NO3/c1-6-13(7-2)16(8-3)14(17)10-12(15(18)19)9-11(4)5/h11-13H,6-10H2,1-5H3,(H,18,19)/t12-/m1/s1. The highest BCUT2D eigenvalue weighted by molar-refractivity contribution is 5.82. The van der Waals surface area contributed by atoms with Crippen LogP contribution < -0.4 is 0 Å². The van der Waals surface area contributed by atoms with Crippen LogP contribution in [0.1, 0.15) is 60.3 Å². The highest BCUT2D eigenvalue weighted by Crippen LogP contribution is 2.19. The summed E-state index contributed by atoms with van der Waals surface area (Å²) in [5, 5.41) is 9.21. The van der Waals surface area contributed by atoms with E-state index in [0.717, 1.165) is 12.8 Å². The van der Waals surface area contributed by atoms with Gasteiger partial charge in [0.05, 0.1) is 5.92 Å². The van der Waals surface area contributed by atoms with Crippen LogP contribution in [-0.2, 0) is 9.59 Å². The van der Waals surface area contributed by atoms with Crippen molar-refractivity contribution in [2.75, 3.05) is 6.54 Å². The average Bonchev–Trinajstić information content (AvgIpc) is 2.33. The Morgan fingerprint density at radius 3 is 1.95 bits per heavy atom. The van der Waals surface area contributed by atoms with Crippen molar-refractivity contribution in [3.05, 3.63) is 0 Å². The molecule has 0 aromatic rings. The van der Waals surface area contributed by atoms with Crippen molar-refractivity contribution in [2.24, 2.45) is 11.8 Å². The molecule has 0 fully saturated rings. The fraction of sp³-hybridized carbons (Fsp3) is 0.867. The van der Waals surface area contributed by atoms with Gasteiger partial charge in [0.2, 0.25) is 5.91 Å². The molecule has 0 aliphatic rings. The molecule has 1 N–H and O–H groups in total. The summed E-state index contributed by atoms with van der Waals surface area (Å²) < 4.78 is 0. The molecular weight excluding hydrogens is 242 g/mol. The van der Waals surface area contributed by atoms with Crippen LogP contribution in [0.5, 0.6) is 0 Å². The first-order chi connectivity index (χ1) is 8.87. The minimum Gasteiger partial charge on any atom is -0.481 e. The van der Waals surface area contributed by atoms with Gasteiger partial charge in [-0.05, 0) is 32.1 Å². The van der Waals surface area contributed by atoms with Gasteiger partial charge in [-0.25, -0.2) is 0 Å². The number of carboxylic acid groups (broad SMARTS) is 1. The van der Waals surface area contributed by atoms with E-state index in [1.165, 1.54) is 0 Å². The summed E-state index contributed by atoms with van der Waals surface area (Å²) in [4.78, 5) is 25.3. The van der Waals surface area contributed by atoms with Gasteiger partial charge in [0, 0.05) is 19.0 Å². The molecule has 0 aliphatic heterocycles. The Bertz CT molecular complexity index is 285. The molecule has 1 atom stereocenters. The van der Waals surface area contributed by atoms with Gasteiger partial charge in [0.1, 0.15) is 0 Å². The Kier molecular flexibility index (Phi) is 8.44. The molecule has 0 saturated carbocycles. The zero-order valence-corrected chi connectivity index (χ0v) is 13.0. The minimum absolute atomic E-state index is 0.0238. The molecule has 0 radical (unpaired) electrons. The van der Waals surface area contributed by atoms with Crippen molar-refractivity contribution in [3.63, 3.8) is 0 Å². The summed E-state index contributed by atoms with van der Waals surface area (Å²) in [5.74, 6) is -1.15. The first-order valence-corrected chi connectivity index (χ1v) is 7.39. The van der Waals surface area contributed by atoms with Crippen LogP contribution in [0.4, 0.5) is 0 Å². The maximum absolute atomic E-state index is 12.3. The molecular formula is C15H29NO3. The van der Waals surface area contributed by atoms with Crippen LogP contribution in [0.3, 0.4) is 0 Å². The van der Waals surface area contributed by atoms with E-state index in [9.17, 15) is 14.7 Å². The number of nitrogens with zero attached hydrogens (tertiary/aromatic N) is 1. The van der Waals surface area contributed by atoms with E-state index in [1.807, 2.05) is 25.7 Å². The van der Waals surface area contributed by atoms with Crippen molar-refractivity contribution in [3.8, 4) is 0 Å². The zero-order chi connectivity index (χ0) is 15.0. The van der Waals surface area contributed by atoms with Crippen LogP contribution in [0.2, 0.25) is 0 Å². The molecule has 0 bridgehead atoms. The number of aliphatic carboxylic acids is 1. The van der Waals surface area contributed by atoms with Gasteiger partial charge in [-0.15, -0.1) is 0 Å². The third kappa shape index (κ3) is 6.08. The molecule has 0 aliphatic carbocycles. The molecule has 4 heteroatoms. The Balaban J connectivity index is 4.72. The number of carboxylic acids is 1. The lowest BCUT2D eigenvalue weighted by Crippen LogP contribution is -2.41. The minimum atomic E-state index is -0.859. The average molecular weight is 271 g/mol. The fourth-order valence-electron chi connectivity index (χ4n) is 2.54. The second kappa shape index (κ2) is 8.94. The van der Waals surface area contributed by atoms with Crippen LogP contribution in [0.25, 0.3) is 0 Å². The van der Waals surface area contributed by atoms with Crippen molar-refractivity contribution < 1.29 is 14.7 Å². The van der Waals surface area contributed by atoms with Gasteiger partial charge in [-0.3, -0.25) is 9.59 Å². The smallest absolute Gasteiger partial charge is 0.307 e. The molecule has 0 aromatic heterocycles. The molecule has 4 nitrogen and oxygen atoms in total. The van der Waals surface area contributed by atoms with Crippen LogP contribution >= 0.6 is 0 Å². The lowest BCUT2D eigenvalue weighted by atomic mass is 9.93. The van der Waals surface area contributed by atoms with Crippen LogP contribution in [-0.4, -0.2) is 34.5 Å². The summed E-state index contributed by atoms with van der Waals surface area (Å²) in [6.07, 6.45) is 2.51. The Morgan fingerprint density at radius 2 is 1.63 bits per heavy atom. The number of rotatable bonds is 9. The van der Waals surface area contributed by atoms with Crippen LogP contribution in [0.15, 0.2) is 0 Å². The number of hydrogen-bond acceptors (Lipinski definition) is 2. The van der Waals surface area contributed by atoms with E-state index < -0.39 is 11.9 Å². The van der Waals surface area contributed by atoms with E-state index in [4.69, 9.17) is 0 Å². The number of amides is 1. The van der Waals surface area contributed by atoms with E-state index in [0.29, 0.717) is 13.0 Å². The number of carbonyl (C=O) groups excluding carboxylic acids is 1. The maximum Gasteiger partial charge on any atom is 0.307 e. The first-order valence-electron chi connectivity index (χ1n) is 7.39. The molecule has 1 amide bonds. The monoisotopic (exact) mass is 271 g/mol. The van der Waals surface area contributed by atoms with Crippen molar-refractivity contribution in [2.45, 2.75) is 66.3 Å². The molecule has 0 heterocycles. The van der Waals surface area contributed by atoms with E-state index in [-0.39, 0.29) is 24.3 Å². The summed E-state index contributed by atoms with van der Waals surface area (Å²) in [7, 11) is 0. The molecule has 0 spiro atoms. The Labute approximate surface area is 117 Å². The SMILES string of the molecule is CCC(CC)N(CC)C(=O)C[C@@H](CC(C)C)C(=O)O. The first kappa shape index (κ1) is 17.9. The molecule has 0 saturated heterocycles. The Hall–Kier alpha value is -1.06. The second-order valence-electron chi connectivity index (χ2n) is 5.52. The molecule has 0 rings (SSSR count). The molecule has 0 unspecified atom stereocenters. The largest absolute Gasteiger partial charge is 0.481 e. The molecule has 112 valence electrons. The van der Waals surface area contributed by atoms with Crippen molar-refractivity contribution in [1.82, 2.24) is 4.90 Å². The highest BCUT2D eigenvalue weighted by Gasteiger charge is 2.27. The van der Waals surface area contributed by atoms with Gasteiger partial charge < -0.3 is 10.0 Å². The summed E-state index contributed by atoms with van der Waals surface area (Å²) in [6.45, 7) is 10.7. The van der Waals surface area contributed by atoms with Gasteiger partial charge >= 0.3 is 5.97 Å². The lowest BCUT2D eigenvalue weighted by molar-refractivity contribution is -0.147. The van der Waals surface area contributed by atoms with Gasteiger partial charge in [0.25, 0.3) is 0 Å². The zero-order valence-electron chi connectivity index (χ0n) is 13.0.